The lowest BCUT2D eigenvalue weighted by atomic mass is 10.2. The quantitative estimate of drug-likeness (QED) is 0.876. The Labute approximate surface area is 97.5 Å². The van der Waals surface area contributed by atoms with Crippen LogP contribution in [-0.4, -0.2) is 28.4 Å². The van der Waals surface area contributed by atoms with Crippen LogP contribution in [0, 0.1) is 6.92 Å². The number of carbonyl (C=O) groups is 2. The number of amides is 1. The van der Waals surface area contributed by atoms with Crippen LogP contribution in [0.1, 0.15) is 33.0 Å². The number of hydrogen-bond acceptors (Lipinski definition) is 3. The van der Waals surface area contributed by atoms with E-state index in [0.717, 1.165) is 23.4 Å². The standard InChI is InChI=1S/C11H13NO3S/c1-7-8(5-9(16-7)11(14)15)6-12-4-2-3-10(12)13/h5H,2-4,6H2,1H3,(H,14,15). The fourth-order valence-electron chi connectivity index (χ4n) is 1.86. The number of aryl methyl sites for hydroxylation is 1. The number of carbonyl (C=O) groups excluding carboxylic acids is 1. The van der Waals surface area contributed by atoms with Gasteiger partial charge >= 0.3 is 5.97 Å². The molecular weight excluding hydrogens is 226 g/mol. The first-order valence-corrected chi connectivity index (χ1v) is 6.00. The Balaban J connectivity index is 2.15. The highest BCUT2D eigenvalue weighted by atomic mass is 32.1. The topological polar surface area (TPSA) is 57.6 Å². The third-order valence-electron chi connectivity index (χ3n) is 2.76. The first-order valence-electron chi connectivity index (χ1n) is 5.18. The van der Waals surface area contributed by atoms with E-state index in [-0.39, 0.29) is 5.91 Å². The molecule has 1 aromatic rings. The molecule has 0 radical (unpaired) electrons. The minimum atomic E-state index is -0.896. The van der Waals surface area contributed by atoms with Gasteiger partial charge in [-0.3, -0.25) is 4.79 Å². The highest BCUT2D eigenvalue weighted by Crippen LogP contribution is 2.24. The van der Waals surface area contributed by atoms with Crippen LogP contribution in [0.2, 0.25) is 0 Å². The predicted molar refractivity (Wildman–Crippen MR) is 60.7 cm³/mol. The van der Waals surface area contributed by atoms with Crippen LogP contribution < -0.4 is 0 Å². The van der Waals surface area contributed by atoms with Crippen molar-refractivity contribution in [2.24, 2.45) is 0 Å². The van der Waals surface area contributed by atoms with E-state index in [9.17, 15) is 9.59 Å². The van der Waals surface area contributed by atoms with E-state index in [4.69, 9.17) is 5.11 Å². The number of rotatable bonds is 3. The number of thiophene rings is 1. The zero-order valence-corrected chi connectivity index (χ0v) is 9.84. The fraction of sp³-hybridized carbons (Fsp3) is 0.455. The maximum absolute atomic E-state index is 11.4. The zero-order chi connectivity index (χ0) is 11.7. The molecule has 1 aliphatic heterocycles. The van der Waals surface area contributed by atoms with Crippen LogP contribution >= 0.6 is 11.3 Å². The van der Waals surface area contributed by atoms with Crippen molar-refractivity contribution in [2.45, 2.75) is 26.3 Å². The highest BCUT2D eigenvalue weighted by molar-refractivity contribution is 7.14. The van der Waals surface area contributed by atoms with Gasteiger partial charge in [0.05, 0.1) is 0 Å². The molecule has 0 unspecified atom stereocenters. The highest BCUT2D eigenvalue weighted by Gasteiger charge is 2.22. The molecule has 4 nitrogen and oxygen atoms in total. The summed E-state index contributed by atoms with van der Waals surface area (Å²) in [6, 6.07) is 1.67. The lowest BCUT2D eigenvalue weighted by Gasteiger charge is -2.14. The van der Waals surface area contributed by atoms with Crippen molar-refractivity contribution in [3.63, 3.8) is 0 Å². The van der Waals surface area contributed by atoms with Gasteiger partial charge in [0.1, 0.15) is 4.88 Å². The Hall–Kier alpha value is -1.36. The molecule has 0 aromatic carbocycles. The maximum atomic E-state index is 11.4. The summed E-state index contributed by atoms with van der Waals surface area (Å²) in [6.45, 7) is 3.23. The van der Waals surface area contributed by atoms with E-state index in [1.165, 1.54) is 11.3 Å². The van der Waals surface area contributed by atoms with E-state index in [1.54, 1.807) is 11.0 Å². The van der Waals surface area contributed by atoms with Crippen LogP contribution in [0.4, 0.5) is 0 Å². The summed E-state index contributed by atoms with van der Waals surface area (Å²) in [5.74, 6) is -0.727. The molecule has 5 heteroatoms. The second-order valence-electron chi connectivity index (χ2n) is 3.92. The van der Waals surface area contributed by atoms with Crippen LogP contribution in [-0.2, 0) is 11.3 Å². The van der Waals surface area contributed by atoms with Gasteiger partial charge in [-0.1, -0.05) is 0 Å². The van der Waals surface area contributed by atoms with Crippen LogP contribution in [0.15, 0.2) is 6.07 Å². The number of carboxylic acid groups (broad SMARTS) is 1. The van der Waals surface area contributed by atoms with E-state index < -0.39 is 5.97 Å². The van der Waals surface area contributed by atoms with Gasteiger partial charge in [-0.15, -0.1) is 11.3 Å². The summed E-state index contributed by atoms with van der Waals surface area (Å²) in [5.41, 5.74) is 0.956. The number of carboxylic acids is 1. The first-order chi connectivity index (χ1) is 7.58. The smallest absolute Gasteiger partial charge is 0.345 e. The Morgan fingerprint density at radius 3 is 2.88 bits per heavy atom. The molecule has 2 heterocycles. The van der Waals surface area contributed by atoms with Gasteiger partial charge < -0.3 is 10.0 Å². The summed E-state index contributed by atoms with van der Waals surface area (Å²) in [6.07, 6.45) is 1.53. The molecule has 0 saturated carbocycles. The first kappa shape index (κ1) is 11.1. The molecule has 1 N–H and O–H groups in total. The third-order valence-corrected chi connectivity index (χ3v) is 3.84. The second-order valence-corrected chi connectivity index (χ2v) is 5.17. The molecule has 86 valence electrons. The number of nitrogens with zero attached hydrogens (tertiary/aromatic N) is 1. The summed E-state index contributed by atoms with van der Waals surface area (Å²) in [7, 11) is 0. The maximum Gasteiger partial charge on any atom is 0.345 e. The van der Waals surface area contributed by atoms with Crippen molar-refractivity contribution in [1.82, 2.24) is 4.90 Å². The van der Waals surface area contributed by atoms with Gasteiger partial charge in [-0.25, -0.2) is 4.79 Å². The van der Waals surface area contributed by atoms with Crippen molar-refractivity contribution >= 4 is 23.2 Å². The van der Waals surface area contributed by atoms with Gasteiger partial charge in [0.2, 0.25) is 5.91 Å². The largest absolute Gasteiger partial charge is 0.477 e. The summed E-state index contributed by atoms with van der Waals surface area (Å²) in [4.78, 5) is 25.4. The Morgan fingerprint density at radius 2 is 2.38 bits per heavy atom. The van der Waals surface area contributed by atoms with Gasteiger partial charge in [0.15, 0.2) is 0 Å². The summed E-state index contributed by atoms with van der Waals surface area (Å²) in [5, 5.41) is 8.87. The Bertz CT molecular complexity index is 438. The normalized spacial score (nSPS) is 15.8. The molecule has 1 amide bonds. The molecule has 0 bridgehead atoms. The van der Waals surface area contributed by atoms with Crippen LogP contribution in [0.25, 0.3) is 0 Å². The average Bonchev–Trinajstić information content (AvgIpc) is 2.76. The predicted octanol–water partition coefficient (Wildman–Crippen LogP) is 1.88. The molecule has 16 heavy (non-hydrogen) atoms. The van der Waals surface area contributed by atoms with E-state index in [0.29, 0.717) is 17.8 Å². The summed E-state index contributed by atoms with van der Waals surface area (Å²) >= 11 is 1.27. The van der Waals surface area contributed by atoms with Crippen LogP contribution in [0.3, 0.4) is 0 Å². The van der Waals surface area contributed by atoms with Crippen molar-refractivity contribution < 1.29 is 14.7 Å². The van der Waals surface area contributed by atoms with E-state index in [1.807, 2.05) is 6.92 Å². The van der Waals surface area contributed by atoms with Crippen molar-refractivity contribution in [3.8, 4) is 0 Å². The number of likely N-dealkylation sites (tertiary alicyclic amines) is 1. The fourth-order valence-corrected chi connectivity index (χ4v) is 2.73. The van der Waals surface area contributed by atoms with E-state index >= 15 is 0 Å². The molecule has 0 aliphatic carbocycles. The minimum Gasteiger partial charge on any atom is -0.477 e. The Morgan fingerprint density at radius 1 is 1.62 bits per heavy atom. The monoisotopic (exact) mass is 239 g/mol. The second kappa shape index (κ2) is 4.25. The lowest BCUT2D eigenvalue weighted by molar-refractivity contribution is -0.128. The van der Waals surface area contributed by atoms with Crippen LogP contribution in [0.5, 0.6) is 0 Å². The van der Waals surface area contributed by atoms with E-state index in [2.05, 4.69) is 0 Å². The third kappa shape index (κ3) is 2.09. The molecule has 0 spiro atoms. The van der Waals surface area contributed by atoms with Crippen molar-refractivity contribution in [3.05, 3.63) is 21.4 Å². The lowest BCUT2D eigenvalue weighted by Crippen LogP contribution is -2.23. The van der Waals surface area contributed by atoms with Crippen molar-refractivity contribution in [1.29, 1.82) is 0 Å². The SMILES string of the molecule is Cc1sc(C(=O)O)cc1CN1CCCC1=O. The number of hydrogen-bond donors (Lipinski definition) is 1. The van der Waals surface area contributed by atoms with Crippen molar-refractivity contribution in [2.75, 3.05) is 6.54 Å². The molecule has 1 aromatic heterocycles. The summed E-state index contributed by atoms with van der Waals surface area (Å²) < 4.78 is 0. The Kier molecular flexibility index (Phi) is 2.96. The molecule has 2 rings (SSSR count). The number of aromatic carboxylic acids is 1. The van der Waals surface area contributed by atoms with Gasteiger partial charge in [0.25, 0.3) is 0 Å². The zero-order valence-electron chi connectivity index (χ0n) is 9.02. The molecule has 0 atom stereocenters. The minimum absolute atomic E-state index is 0.169. The molecule has 1 saturated heterocycles. The molecule has 1 fully saturated rings. The molecule has 1 aliphatic rings. The average molecular weight is 239 g/mol. The van der Waals surface area contributed by atoms with Gasteiger partial charge in [-0.2, -0.15) is 0 Å². The van der Waals surface area contributed by atoms with Gasteiger partial charge in [0, 0.05) is 24.4 Å². The molecular formula is C11H13NO3S. The van der Waals surface area contributed by atoms with Gasteiger partial charge in [-0.05, 0) is 25.0 Å².